The highest BCUT2D eigenvalue weighted by Crippen LogP contribution is 2.38. The van der Waals surface area contributed by atoms with Gasteiger partial charge in [-0.05, 0) is 46.3 Å². The van der Waals surface area contributed by atoms with Crippen molar-refractivity contribution in [2.75, 3.05) is 13.6 Å². The quantitative estimate of drug-likeness (QED) is 0.732. The second-order valence-electron chi connectivity index (χ2n) is 5.37. The van der Waals surface area contributed by atoms with E-state index < -0.39 is 25.7 Å². The topological polar surface area (TPSA) is 54.5 Å². The van der Waals surface area contributed by atoms with E-state index in [0.717, 1.165) is 18.6 Å². The third-order valence-electron chi connectivity index (χ3n) is 3.64. The fourth-order valence-corrected chi connectivity index (χ4v) is 4.27. The molecule has 1 aliphatic carbocycles. The van der Waals surface area contributed by atoms with E-state index in [1.54, 1.807) is 7.05 Å². The molecule has 1 amide bonds. The van der Waals surface area contributed by atoms with Gasteiger partial charge in [0.15, 0.2) is 0 Å². The average Bonchev–Trinajstić information content (AvgIpc) is 3.05. The third kappa shape index (κ3) is 3.76. The summed E-state index contributed by atoms with van der Waals surface area (Å²) in [5.74, 6) is -0.230. The monoisotopic (exact) mass is 397 g/mol. The van der Waals surface area contributed by atoms with Gasteiger partial charge >= 0.3 is 0 Å². The van der Waals surface area contributed by atoms with Crippen LogP contribution in [0.4, 0.5) is 4.39 Å². The summed E-state index contributed by atoms with van der Waals surface area (Å²) in [4.78, 5) is 13.3. The summed E-state index contributed by atoms with van der Waals surface area (Å²) < 4.78 is 36.4. The number of hydrogen-bond donors (Lipinski definition) is 0. The minimum atomic E-state index is -4.14. The number of amides is 1. The van der Waals surface area contributed by atoms with Crippen LogP contribution in [0.5, 0.6) is 0 Å². The lowest BCUT2D eigenvalue weighted by molar-refractivity contribution is 0.0786. The summed E-state index contributed by atoms with van der Waals surface area (Å²) in [5, 5.41) is 0. The van der Waals surface area contributed by atoms with Crippen molar-refractivity contribution in [3.63, 3.8) is 0 Å². The standard InChI is InChI=1S/C13H14BrClFNO3S/c1-7-3-9(7)6-17(2)13(18)8-4-10(16)12(14)11(5-8)21(15,19)20/h4-5,7,9H,3,6H2,1-2H3. The van der Waals surface area contributed by atoms with Crippen LogP contribution < -0.4 is 0 Å². The van der Waals surface area contributed by atoms with Crippen molar-refractivity contribution in [2.45, 2.75) is 18.2 Å². The van der Waals surface area contributed by atoms with Crippen LogP contribution in [0.15, 0.2) is 21.5 Å². The predicted molar refractivity (Wildman–Crippen MR) is 81.4 cm³/mol. The van der Waals surface area contributed by atoms with Crippen LogP contribution in [0, 0.1) is 17.7 Å². The molecular formula is C13H14BrClFNO3S. The van der Waals surface area contributed by atoms with E-state index in [-0.39, 0.29) is 10.0 Å². The molecule has 1 aromatic carbocycles. The van der Waals surface area contributed by atoms with Crippen LogP contribution in [-0.2, 0) is 9.05 Å². The molecule has 0 saturated heterocycles. The summed E-state index contributed by atoms with van der Waals surface area (Å²) in [6, 6.07) is 2.09. The Balaban J connectivity index is 2.31. The zero-order chi connectivity index (χ0) is 15.9. The van der Waals surface area contributed by atoms with E-state index in [1.165, 1.54) is 4.90 Å². The lowest BCUT2D eigenvalue weighted by Crippen LogP contribution is -2.29. The van der Waals surface area contributed by atoms with E-state index in [4.69, 9.17) is 10.7 Å². The van der Waals surface area contributed by atoms with Gasteiger partial charge in [-0.25, -0.2) is 12.8 Å². The van der Waals surface area contributed by atoms with Gasteiger partial charge in [-0.2, -0.15) is 0 Å². The molecule has 0 aliphatic heterocycles. The van der Waals surface area contributed by atoms with Crippen molar-refractivity contribution in [1.82, 2.24) is 4.90 Å². The van der Waals surface area contributed by atoms with Gasteiger partial charge in [0.05, 0.1) is 4.47 Å². The summed E-state index contributed by atoms with van der Waals surface area (Å²) in [5.41, 5.74) is -0.0364. The van der Waals surface area contributed by atoms with Crippen molar-refractivity contribution in [2.24, 2.45) is 11.8 Å². The number of nitrogens with zero attached hydrogens (tertiary/aromatic N) is 1. The molecular weight excluding hydrogens is 385 g/mol. The highest BCUT2D eigenvalue weighted by atomic mass is 79.9. The van der Waals surface area contributed by atoms with Crippen molar-refractivity contribution >= 4 is 41.6 Å². The Morgan fingerprint density at radius 3 is 2.57 bits per heavy atom. The average molecular weight is 399 g/mol. The first kappa shape index (κ1) is 16.7. The molecule has 0 N–H and O–H groups in total. The highest BCUT2D eigenvalue weighted by Gasteiger charge is 2.34. The SMILES string of the molecule is CC1CC1CN(C)C(=O)c1cc(F)c(Br)c(S(=O)(=O)Cl)c1. The van der Waals surface area contributed by atoms with E-state index in [0.29, 0.717) is 18.4 Å². The van der Waals surface area contributed by atoms with Gasteiger partial charge in [-0.3, -0.25) is 4.79 Å². The van der Waals surface area contributed by atoms with Gasteiger partial charge < -0.3 is 4.90 Å². The molecule has 0 spiro atoms. The normalized spacial score (nSPS) is 21.2. The van der Waals surface area contributed by atoms with Crippen LogP contribution in [-0.4, -0.2) is 32.8 Å². The number of rotatable bonds is 4. The van der Waals surface area contributed by atoms with Crippen molar-refractivity contribution in [1.29, 1.82) is 0 Å². The molecule has 1 aliphatic rings. The molecule has 116 valence electrons. The van der Waals surface area contributed by atoms with Crippen molar-refractivity contribution in [3.05, 3.63) is 28.0 Å². The molecule has 2 atom stereocenters. The van der Waals surface area contributed by atoms with Crippen LogP contribution >= 0.6 is 26.6 Å². The second-order valence-corrected chi connectivity index (χ2v) is 8.69. The summed E-state index contributed by atoms with van der Waals surface area (Å²) in [6.07, 6.45) is 1.06. The second kappa shape index (κ2) is 5.85. The smallest absolute Gasteiger partial charge is 0.262 e. The molecule has 0 radical (unpaired) electrons. The summed E-state index contributed by atoms with van der Waals surface area (Å²) >= 11 is 2.83. The molecule has 21 heavy (non-hydrogen) atoms. The zero-order valence-corrected chi connectivity index (χ0v) is 14.6. The molecule has 1 fully saturated rings. The lowest BCUT2D eigenvalue weighted by Gasteiger charge is -2.17. The Morgan fingerprint density at radius 1 is 1.52 bits per heavy atom. The molecule has 1 aromatic rings. The molecule has 0 aromatic heterocycles. The van der Waals surface area contributed by atoms with Gasteiger partial charge in [0.1, 0.15) is 10.7 Å². The Labute approximate surface area is 135 Å². The van der Waals surface area contributed by atoms with E-state index in [9.17, 15) is 17.6 Å². The number of carbonyl (C=O) groups excluding carboxylic acids is 1. The summed E-state index contributed by atoms with van der Waals surface area (Å²) in [6.45, 7) is 2.67. The minimum absolute atomic E-state index is 0.0364. The first-order valence-electron chi connectivity index (χ1n) is 6.30. The molecule has 8 heteroatoms. The molecule has 2 unspecified atom stereocenters. The Hall–Kier alpha value is -0.660. The van der Waals surface area contributed by atoms with Gasteiger partial charge in [-0.1, -0.05) is 6.92 Å². The fraction of sp³-hybridized carbons (Fsp3) is 0.462. The largest absolute Gasteiger partial charge is 0.341 e. The molecule has 0 bridgehead atoms. The fourth-order valence-electron chi connectivity index (χ4n) is 2.17. The van der Waals surface area contributed by atoms with Crippen molar-refractivity contribution < 1.29 is 17.6 Å². The van der Waals surface area contributed by atoms with E-state index in [2.05, 4.69) is 22.9 Å². The number of benzene rings is 1. The van der Waals surface area contributed by atoms with Crippen LogP contribution in [0.3, 0.4) is 0 Å². The minimum Gasteiger partial charge on any atom is -0.341 e. The maximum Gasteiger partial charge on any atom is 0.262 e. The molecule has 2 rings (SSSR count). The van der Waals surface area contributed by atoms with Crippen LogP contribution in [0.25, 0.3) is 0 Å². The lowest BCUT2D eigenvalue weighted by atomic mass is 10.2. The zero-order valence-electron chi connectivity index (χ0n) is 11.4. The van der Waals surface area contributed by atoms with Crippen LogP contribution in [0.1, 0.15) is 23.7 Å². The highest BCUT2D eigenvalue weighted by molar-refractivity contribution is 9.10. The summed E-state index contributed by atoms with van der Waals surface area (Å²) in [7, 11) is 2.73. The number of hydrogen-bond acceptors (Lipinski definition) is 3. The molecule has 4 nitrogen and oxygen atoms in total. The maximum atomic E-state index is 13.8. The van der Waals surface area contributed by atoms with Crippen molar-refractivity contribution in [3.8, 4) is 0 Å². The first-order valence-corrected chi connectivity index (χ1v) is 9.40. The Bertz CT molecular complexity index is 695. The van der Waals surface area contributed by atoms with E-state index in [1.807, 2.05) is 0 Å². The first-order chi connectivity index (χ1) is 9.61. The Morgan fingerprint density at radius 2 is 2.10 bits per heavy atom. The predicted octanol–water partition coefficient (Wildman–Crippen LogP) is 3.24. The number of carbonyl (C=O) groups is 1. The van der Waals surface area contributed by atoms with Crippen LogP contribution in [0.2, 0.25) is 0 Å². The van der Waals surface area contributed by atoms with Gasteiger partial charge in [0, 0.05) is 29.8 Å². The number of halogens is 3. The third-order valence-corrected chi connectivity index (χ3v) is 6.05. The van der Waals surface area contributed by atoms with Gasteiger partial charge in [-0.15, -0.1) is 0 Å². The van der Waals surface area contributed by atoms with Gasteiger partial charge in [0.25, 0.3) is 15.0 Å². The van der Waals surface area contributed by atoms with Gasteiger partial charge in [0.2, 0.25) is 0 Å². The van der Waals surface area contributed by atoms with E-state index >= 15 is 0 Å². The maximum absolute atomic E-state index is 13.8. The molecule has 1 saturated carbocycles. The molecule has 0 heterocycles. The Kier molecular flexibility index (Phi) is 4.66.